The Balaban J connectivity index is 2.19. The van der Waals surface area contributed by atoms with Crippen LogP contribution in [0, 0.1) is 13.8 Å². The van der Waals surface area contributed by atoms with Gasteiger partial charge in [-0.1, -0.05) is 0 Å². The van der Waals surface area contributed by atoms with Crippen molar-refractivity contribution in [3.63, 3.8) is 0 Å². The highest BCUT2D eigenvalue weighted by Gasteiger charge is 2.05. The molecule has 0 amide bonds. The number of anilines is 1. The van der Waals surface area contributed by atoms with Gasteiger partial charge < -0.3 is 4.90 Å². The molecule has 2 rings (SSSR count). The largest absolute Gasteiger partial charge is 0.372 e. The zero-order valence-corrected chi connectivity index (χ0v) is 13.1. The lowest BCUT2D eigenvalue weighted by molar-refractivity contribution is 0.865. The second-order valence-electron chi connectivity index (χ2n) is 4.47. The third-order valence-corrected chi connectivity index (χ3v) is 3.76. The van der Waals surface area contributed by atoms with Gasteiger partial charge in [-0.25, -0.2) is 4.98 Å². The molecule has 1 heterocycles. The molecule has 0 radical (unpaired) electrons. The van der Waals surface area contributed by atoms with Gasteiger partial charge in [-0.2, -0.15) is 4.37 Å². The van der Waals surface area contributed by atoms with Crippen molar-refractivity contribution in [2.45, 2.75) is 27.7 Å². The van der Waals surface area contributed by atoms with Crippen LogP contribution in [-0.2, 0) is 0 Å². The second-order valence-corrected chi connectivity index (χ2v) is 5.20. The van der Waals surface area contributed by atoms with Crippen LogP contribution < -0.4 is 4.90 Å². The lowest BCUT2D eigenvalue weighted by Crippen LogP contribution is -2.21. The van der Waals surface area contributed by atoms with Gasteiger partial charge in [-0.3, -0.25) is 0 Å². The van der Waals surface area contributed by atoms with E-state index in [0.717, 1.165) is 30.2 Å². The first-order chi connectivity index (χ1) is 9.63. The zero-order valence-electron chi connectivity index (χ0n) is 12.3. The Kier molecular flexibility index (Phi) is 4.79. The monoisotopic (exact) mass is 289 g/mol. The maximum absolute atomic E-state index is 4.26. The first kappa shape index (κ1) is 14.6. The van der Waals surface area contributed by atoms with E-state index in [-0.39, 0.29) is 0 Å². The van der Waals surface area contributed by atoms with Gasteiger partial charge in [-0.05, 0) is 51.5 Å². The summed E-state index contributed by atoms with van der Waals surface area (Å²) < 4.78 is 4.08. The number of aromatic nitrogens is 2. The fraction of sp³-hybridized carbons (Fsp3) is 0.429. The van der Waals surface area contributed by atoms with Gasteiger partial charge in [0.25, 0.3) is 0 Å². The van der Waals surface area contributed by atoms with Gasteiger partial charge in [-0.15, -0.1) is 10.2 Å². The minimum Gasteiger partial charge on any atom is -0.372 e. The summed E-state index contributed by atoms with van der Waals surface area (Å²) >= 11 is 1.26. The summed E-state index contributed by atoms with van der Waals surface area (Å²) in [5.74, 6) is 0.734. The quantitative estimate of drug-likeness (QED) is 0.766. The van der Waals surface area contributed by atoms with Crippen molar-refractivity contribution >= 4 is 28.0 Å². The average Bonchev–Trinajstić information content (AvgIpc) is 2.85. The summed E-state index contributed by atoms with van der Waals surface area (Å²) in [5, 5.41) is 8.98. The molecule has 0 atom stereocenters. The Bertz CT molecular complexity index is 601. The first-order valence-electron chi connectivity index (χ1n) is 6.71. The third-order valence-electron chi connectivity index (χ3n) is 3.07. The summed E-state index contributed by atoms with van der Waals surface area (Å²) in [5.41, 5.74) is 3.20. The number of azo groups is 1. The van der Waals surface area contributed by atoms with Crippen molar-refractivity contribution in [2.24, 2.45) is 10.2 Å². The summed E-state index contributed by atoms with van der Waals surface area (Å²) in [4.78, 5) is 6.47. The van der Waals surface area contributed by atoms with Crippen molar-refractivity contribution < 1.29 is 0 Å². The molecule has 0 bridgehead atoms. The molecule has 0 N–H and O–H groups in total. The van der Waals surface area contributed by atoms with E-state index >= 15 is 0 Å². The summed E-state index contributed by atoms with van der Waals surface area (Å²) in [6.07, 6.45) is 0. The molecule has 6 heteroatoms. The van der Waals surface area contributed by atoms with Crippen LogP contribution in [0.4, 0.5) is 16.5 Å². The molecule has 0 aliphatic heterocycles. The minimum atomic E-state index is 0.592. The Hall–Kier alpha value is -1.82. The predicted molar refractivity (Wildman–Crippen MR) is 83.6 cm³/mol. The van der Waals surface area contributed by atoms with Crippen LogP contribution in [-0.4, -0.2) is 22.4 Å². The molecule has 1 aromatic carbocycles. The smallest absolute Gasteiger partial charge is 0.249 e. The highest BCUT2D eigenvalue weighted by Crippen LogP contribution is 2.26. The van der Waals surface area contributed by atoms with Gasteiger partial charge in [0.05, 0.1) is 5.69 Å². The fourth-order valence-electron chi connectivity index (χ4n) is 1.96. The molecular formula is C14H19N5S. The van der Waals surface area contributed by atoms with Crippen LogP contribution in [0.5, 0.6) is 0 Å². The Labute approximate surface area is 123 Å². The Morgan fingerprint density at radius 2 is 1.90 bits per heavy atom. The van der Waals surface area contributed by atoms with Crippen LogP contribution in [0.25, 0.3) is 0 Å². The van der Waals surface area contributed by atoms with E-state index in [0.29, 0.717) is 5.13 Å². The topological polar surface area (TPSA) is 53.7 Å². The lowest BCUT2D eigenvalue weighted by atomic mass is 10.1. The number of rotatable bonds is 5. The molecule has 0 aliphatic rings. The zero-order chi connectivity index (χ0) is 14.5. The van der Waals surface area contributed by atoms with E-state index in [1.54, 1.807) is 0 Å². The highest BCUT2D eigenvalue weighted by atomic mass is 32.1. The Morgan fingerprint density at radius 3 is 2.45 bits per heavy atom. The third kappa shape index (κ3) is 3.39. The van der Waals surface area contributed by atoms with Gasteiger partial charge in [0.1, 0.15) is 5.82 Å². The van der Waals surface area contributed by atoms with Crippen LogP contribution in [0.1, 0.15) is 25.2 Å². The van der Waals surface area contributed by atoms with Crippen molar-refractivity contribution in [1.29, 1.82) is 0 Å². The number of nitrogens with zero attached hydrogens (tertiary/aromatic N) is 5. The van der Waals surface area contributed by atoms with E-state index in [1.807, 2.05) is 19.9 Å². The summed E-state index contributed by atoms with van der Waals surface area (Å²) in [6.45, 7) is 10.2. The van der Waals surface area contributed by atoms with Crippen molar-refractivity contribution in [1.82, 2.24) is 9.36 Å². The molecule has 0 saturated carbocycles. The van der Waals surface area contributed by atoms with Crippen LogP contribution in [0.15, 0.2) is 28.4 Å². The van der Waals surface area contributed by atoms with E-state index in [9.17, 15) is 0 Å². The predicted octanol–water partition coefficient (Wildman–Crippen LogP) is 4.42. The van der Waals surface area contributed by atoms with Gasteiger partial charge in [0.2, 0.25) is 5.13 Å². The highest BCUT2D eigenvalue weighted by molar-refractivity contribution is 7.09. The van der Waals surface area contributed by atoms with Crippen molar-refractivity contribution in [3.05, 3.63) is 29.6 Å². The minimum absolute atomic E-state index is 0.592. The average molecular weight is 289 g/mol. The van der Waals surface area contributed by atoms with Gasteiger partial charge >= 0.3 is 0 Å². The molecule has 106 valence electrons. The SMILES string of the molecule is CCN(CC)c1ccc(N=Nc2nc(C)ns2)c(C)c1. The van der Waals surface area contributed by atoms with Gasteiger partial charge in [0, 0.05) is 30.3 Å². The lowest BCUT2D eigenvalue weighted by Gasteiger charge is -2.21. The van der Waals surface area contributed by atoms with Crippen LogP contribution >= 0.6 is 11.5 Å². The molecule has 1 aromatic heterocycles. The van der Waals surface area contributed by atoms with E-state index in [2.05, 4.69) is 50.5 Å². The summed E-state index contributed by atoms with van der Waals surface area (Å²) in [6, 6.07) is 6.23. The molecule has 0 fully saturated rings. The summed E-state index contributed by atoms with van der Waals surface area (Å²) in [7, 11) is 0. The normalized spacial score (nSPS) is 11.2. The molecule has 0 spiro atoms. The molecule has 5 nitrogen and oxygen atoms in total. The van der Waals surface area contributed by atoms with Crippen molar-refractivity contribution in [2.75, 3.05) is 18.0 Å². The molecule has 0 unspecified atom stereocenters. The van der Waals surface area contributed by atoms with Gasteiger partial charge in [0.15, 0.2) is 0 Å². The second kappa shape index (κ2) is 6.56. The van der Waals surface area contributed by atoms with E-state index < -0.39 is 0 Å². The molecule has 20 heavy (non-hydrogen) atoms. The molecule has 0 saturated heterocycles. The number of aryl methyl sites for hydroxylation is 2. The number of hydrogen-bond donors (Lipinski definition) is 0. The van der Waals surface area contributed by atoms with E-state index in [1.165, 1.54) is 17.2 Å². The number of hydrogen-bond acceptors (Lipinski definition) is 6. The fourth-order valence-corrected chi connectivity index (χ4v) is 2.47. The maximum atomic E-state index is 4.26. The number of benzene rings is 1. The molecule has 0 aliphatic carbocycles. The first-order valence-corrected chi connectivity index (χ1v) is 7.49. The standard InChI is InChI=1S/C14H19N5S/c1-5-19(6-2)12-7-8-13(10(3)9-12)16-17-14-15-11(4)18-20-14/h7-9H,5-6H2,1-4H3. The van der Waals surface area contributed by atoms with Crippen LogP contribution in [0.3, 0.4) is 0 Å². The Morgan fingerprint density at radius 1 is 1.15 bits per heavy atom. The molecular weight excluding hydrogens is 270 g/mol. The van der Waals surface area contributed by atoms with E-state index in [4.69, 9.17) is 0 Å². The molecule has 2 aromatic rings. The van der Waals surface area contributed by atoms with Crippen LogP contribution in [0.2, 0.25) is 0 Å². The maximum Gasteiger partial charge on any atom is 0.249 e. The van der Waals surface area contributed by atoms with Crippen molar-refractivity contribution in [3.8, 4) is 0 Å².